The first kappa shape index (κ1) is 8.34. The van der Waals surface area contributed by atoms with E-state index in [2.05, 4.69) is 18.5 Å². The smallest absolute Gasteiger partial charge is 0.0485 e. The number of rotatable bonds is 3. The van der Waals surface area contributed by atoms with Crippen LogP contribution in [-0.4, -0.2) is 19.3 Å². The zero-order valence-electron chi connectivity index (χ0n) is 6.81. The van der Waals surface area contributed by atoms with Gasteiger partial charge < -0.3 is 10.1 Å². The molecule has 2 nitrogen and oxygen atoms in total. The molecule has 0 saturated carbocycles. The van der Waals surface area contributed by atoms with E-state index in [4.69, 9.17) is 4.74 Å². The van der Waals surface area contributed by atoms with Crippen molar-refractivity contribution in [1.82, 2.24) is 5.32 Å². The molecule has 1 rings (SSSR count). The van der Waals surface area contributed by atoms with E-state index >= 15 is 0 Å². The van der Waals surface area contributed by atoms with Crippen LogP contribution < -0.4 is 5.32 Å². The van der Waals surface area contributed by atoms with Crippen LogP contribution >= 0.6 is 0 Å². The van der Waals surface area contributed by atoms with E-state index in [1.54, 1.807) is 6.08 Å². The summed E-state index contributed by atoms with van der Waals surface area (Å²) in [5.41, 5.74) is 0.914. The van der Waals surface area contributed by atoms with Crippen molar-refractivity contribution in [2.75, 3.05) is 13.2 Å². The van der Waals surface area contributed by atoms with E-state index in [0.717, 1.165) is 31.8 Å². The molecule has 62 valence electrons. The second-order valence-corrected chi connectivity index (χ2v) is 2.76. The van der Waals surface area contributed by atoms with Crippen LogP contribution in [0, 0.1) is 0 Å². The highest BCUT2D eigenvalue weighted by atomic mass is 16.5. The molecule has 0 spiro atoms. The van der Waals surface area contributed by atoms with Crippen LogP contribution in [0.1, 0.15) is 12.8 Å². The SMILES string of the molecule is C=CC(=C)NC1CCOCC1. The number of nitrogens with one attached hydrogen (secondary N) is 1. The third kappa shape index (κ3) is 2.76. The lowest BCUT2D eigenvalue weighted by Gasteiger charge is -2.24. The molecule has 1 fully saturated rings. The lowest BCUT2D eigenvalue weighted by molar-refractivity contribution is 0.0807. The van der Waals surface area contributed by atoms with Crippen LogP contribution in [0.5, 0.6) is 0 Å². The maximum atomic E-state index is 5.22. The topological polar surface area (TPSA) is 21.3 Å². The molecular weight excluding hydrogens is 138 g/mol. The van der Waals surface area contributed by atoms with Crippen LogP contribution in [0.25, 0.3) is 0 Å². The fourth-order valence-corrected chi connectivity index (χ4v) is 1.16. The van der Waals surface area contributed by atoms with Gasteiger partial charge in [-0.15, -0.1) is 0 Å². The maximum absolute atomic E-state index is 5.22. The molecule has 0 aliphatic carbocycles. The molecule has 0 aromatic heterocycles. The Morgan fingerprint density at radius 3 is 2.64 bits per heavy atom. The van der Waals surface area contributed by atoms with Gasteiger partial charge in [0.05, 0.1) is 0 Å². The van der Waals surface area contributed by atoms with E-state index in [0.29, 0.717) is 6.04 Å². The minimum atomic E-state index is 0.536. The predicted molar refractivity (Wildman–Crippen MR) is 46.3 cm³/mol. The Morgan fingerprint density at radius 2 is 2.09 bits per heavy atom. The Balaban J connectivity index is 2.24. The van der Waals surface area contributed by atoms with E-state index in [1.165, 1.54) is 0 Å². The summed E-state index contributed by atoms with van der Waals surface area (Å²) in [6.45, 7) is 9.16. The first-order valence-electron chi connectivity index (χ1n) is 3.98. The lowest BCUT2D eigenvalue weighted by Crippen LogP contribution is -2.33. The van der Waals surface area contributed by atoms with Gasteiger partial charge >= 0.3 is 0 Å². The summed E-state index contributed by atoms with van der Waals surface area (Å²) in [5, 5.41) is 3.28. The molecule has 1 saturated heterocycles. The molecule has 1 heterocycles. The fourth-order valence-electron chi connectivity index (χ4n) is 1.16. The van der Waals surface area contributed by atoms with Crippen LogP contribution in [-0.2, 0) is 4.74 Å². The minimum absolute atomic E-state index is 0.536. The quantitative estimate of drug-likeness (QED) is 0.620. The molecule has 1 aliphatic rings. The van der Waals surface area contributed by atoms with E-state index in [1.807, 2.05) is 0 Å². The molecule has 1 aliphatic heterocycles. The van der Waals surface area contributed by atoms with Crippen molar-refractivity contribution >= 4 is 0 Å². The summed E-state index contributed by atoms with van der Waals surface area (Å²) in [6.07, 6.45) is 3.90. The maximum Gasteiger partial charge on any atom is 0.0485 e. The molecule has 0 radical (unpaired) electrons. The molecular formula is C9H15NO. The Labute approximate surface area is 67.9 Å². The van der Waals surface area contributed by atoms with Crippen molar-refractivity contribution in [2.45, 2.75) is 18.9 Å². The molecule has 0 aromatic rings. The van der Waals surface area contributed by atoms with Crippen molar-refractivity contribution in [3.05, 3.63) is 24.9 Å². The third-order valence-electron chi connectivity index (χ3n) is 1.86. The molecule has 1 N–H and O–H groups in total. The summed E-state index contributed by atoms with van der Waals surface area (Å²) in [5.74, 6) is 0. The number of ether oxygens (including phenoxy) is 1. The second kappa shape index (κ2) is 4.19. The molecule has 11 heavy (non-hydrogen) atoms. The summed E-state index contributed by atoms with van der Waals surface area (Å²) >= 11 is 0. The Hall–Kier alpha value is -0.760. The molecule has 0 amide bonds. The summed E-state index contributed by atoms with van der Waals surface area (Å²) in [7, 11) is 0. The van der Waals surface area contributed by atoms with Crippen molar-refractivity contribution in [2.24, 2.45) is 0 Å². The monoisotopic (exact) mass is 153 g/mol. The molecule has 0 aromatic carbocycles. The highest BCUT2D eigenvalue weighted by Gasteiger charge is 2.12. The lowest BCUT2D eigenvalue weighted by atomic mass is 10.1. The number of hydrogen-bond acceptors (Lipinski definition) is 2. The first-order chi connectivity index (χ1) is 5.33. The van der Waals surface area contributed by atoms with Crippen molar-refractivity contribution < 1.29 is 4.74 Å². The Kier molecular flexibility index (Phi) is 3.17. The second-order valence-electron chi connectivity index (χ2n) is 2.76. The number of hydrogen-bond donors (Lipinski definition) is 1. The molecule has 0 bridgehead atoms. The van der Waals surface area contributed by atoms with Gasteiger partial charge in [-0.05, 0) is 18.9 Å². The predicted octanol–water partition coefficient (Wildman–Crippen LogP) is 1.45. The van der Waals surface area contributed by atoms with Gasteiger partial charge in [0, 0.05) is 25.0 Å². The summed E-state index contributed by atoms with van der Waals surface area (Å²) in [6, 6.07) is 0.536. The minimum Gasteiger partial charge on any atom is -0.383 e. The van der Waals surface area contributed by atoms with Crippen molar-refractivity contribution in [1.29, 1.82) is 0 Å². The number of allylic oxidation sites excluding steroid dienone is 1. The van der Waals surface area contributed by atoms with Crippen LogP contribution in [0.3, 0.4) is 0 Å². The summed E-state index contributed by atoms with van der Waals surface area (Å²) < 4.78 is 5.22. The van der Waals surface area contributed by atoms with Gasteiger partial charge in [0.25, 0.3) is 0 Å². The largest absolute Gasteiger partial charge is 0.383 e. The van der Waals surface area contributed by atoms with Gasteiger partial charge in [0.15, 0.2) is 0 Å². The van der Waals surface area contributed by atoms with Crippen LogP contribution in [0.4, 0.5) is 0 Å². The van der Waals surface area contributed by atoms with Gasteiger partial charge in [0.1, 0.15) is 0 Å². The van der Waals surface area contributed by atoms with Crippen molar-refractivity contribution in [3.63, 3.8) is 0 Å². The van der Waals surface area contributed by atoms with Crippen molar-refractivity contribution in [3.8, 4) is 0 Å². The van der Waals surface area contributed by atoms with E-state index in [9.17, 15) is 0 Å². The summed E-state index contributed by atoms with van der Waals surface area (Å²) in [4.78, 5) is 0. The van der Waals surface area contributed by atoms with Gasteiger partial charge in [0.2, 0.25) is 0 Å². The van der Waals surface area contributed by atoms with Crippen LogP contribution in [0.15, 0.2) is 24.9 Å². The Morgan fingerprint density at radius 1 is 1.45 bits per heavy atom. The standard InChI is InChI=1S/C9H15NO/c1-3-8(2)10-9-4-6-11-7-5-9/h3,9-10H,1-2,4-7H2. The molecule has 2 heteroatoms. The van der Waals surface area contributed by atoms with Crippen LogP contribution in [0.2, 0.25) is 0 Å². The average Bonchev–Trinajstić information content (AvgIpc) is 2.06. The van der Waals surface area contributed by atoms with Gasteiger partial charge in [-0.25, -0.2) is 0 Å². The zero-order chi connectivity index (χ0) is 8.10. The third-order valence-corrected chi connectivity index (χ3v) is 1.86. The van der Waals surface area contributed by atoms with E-state index < -0.39 is 0 Å². The highest BCUT2D eigenvalue weighted by Crippen LogP contribution is 2.07. The highest BCUT2D eigenvalue weighted by molar-refractivity contribution is 5.09. The van der Waals surface area contributed by atoms with E-state index in [-0.39, 0.29) is 0 Å². The van der Waals surface area contributed by atoms with Gasteiger partial charge in [-0.1, -0.05) is 13.2 Å². The van der Waals surface area contributed by atoms with Gasteiger partial charge in [-0.3, -0.25) is 0 Å². The van der Waals surface area contributed by atoms with Gasteiger partial charge in [-0.2, -0.15) is 0 Å². The first-order valence-corrected chi connectivity index (χ1v) is 3.98. The normalized spacial score (nSPS) is 19.3. The fraction of sp³-hybridized carbons (Fsp3) is 0.556. The zero-order valence-corrected chi connectivity index (χ0v) is 6.81. The molecule has 0 unspecified atom stereocenters. The average molecular weight is 153 g/mol. The Bertz CT molecular complexity index is 148. The molecule has 0 atom stereocenters.